The molecule has 0 saturated heterocycles. The van der Waals surface area contributed by atoms with E-state index in [1.807, 2.05) is 0 Å². The molecule has 0 radical (unpaired) electrons. The van der Waals surface area contributed by atoms with Crippen molar-refractivity contribution >= 4 is 28.8 Å². The minimum absolute atomic E-state index is 0.0817. The number of thiazole rings is 1. The number of nitrogens with one attached hydrogen (secondary N) is 1. The predicted octanol–water partition coefficient (Wildman–Crippen LogP) is 3.61. The average molecular weight is 363 g/mol. The van der Waals surface area contributed by atoms with Crippen molar-refractivity contribution < 1.29 is 22.7 Å². The molecule has 0 fully saturated rings. The number of carbonyl (C=O) groups excluding carboxylic acids is 1. The average Bonchev–Trinajstić information content (AvgIpc) is 3.05. The van der Waals surface area contributed by atoms with Crippen LogP contribution in [0.2, 0.25) is 5.02 Å². The minimum Gasteiger partial charge on any atom is -0.476 e. The summed E-state index contributed by atoms with van der Waals surface area (Å²) < 4.78 is 44.5. The third kappa shape index (κ3) is 3.13. The monoisotopic (exact) mass is 362 g/mol. The van der Waals surface area contributed by atoms with Gasteiger partial charge < -0.3 is 10.1 Å². The highest BCUT2D eigenvalue weighted by molar-refractivity contribution is 7.10. The van der Waals surface area contributed by atoms with Crippen LogP contribution in [-0.4, -0.2) is 17.5 Å². The molecule has 1 atom stereocenters. The number of ether oxygens (including phenoxy) is 1. The van der Waals surface area contributed by atoms with Gasteiger partial charge in [0.1, 0.15) is 12.5 Å². The van der Waals surface area contributed by atoms with Crippen LogP contribution in [0.1, 0.15) is 21.9 Å². The third-order valence-corrected chi connectivity index (χ3v) is 4.66. The predicted molar refractivity (Wildman–Crippen MR) is 78.7 cm³/mol. The maximum atomic E-state index is 13.1. The Morgan fingerprint density at radius 3 is 3.00 bits per heavy atom. The molecule has 1 aromatic heterocycles. The van der Waals surface area contributed by atoms with Crippen LogP contribution in [0.3, 0.4) is 0 Å². The van der Waals surface area contributed by atoms with Gasteiger partial charge in [0.25, 0.3) is 0 Å². The Labute approximate surface area is 138 Å². The lowest BCUT2D eigenvalue weighted by atomic mass is 10.1. The van der Waals surface area contributed by atoms with Gasteiger partial charge >= 0.3 is 6.18 Å². The van der Waals surface area contributed by atoms with Crippen molar-refractivity contribution in [1.82, 2.24) is 10.3 Å². The minimum atomic E-state index is -4.58. The quantitative estimate of drug-likeness (QED) is 0.907. The molecule has 3 rings (SSSR count). The Balaban J connectivity index is 1.75. The first-order valence-electron chi connectivity index (χ1n) is 6.56. The standard InChI is InChI=1S/C14H10ClF3N2O2S/c15-9-3-1-2-7(10(9)14(16,17)18)4-19-12(21)8-5-22-13-11(8)23-6-20-13/h1-3,6,8H,4-5H2,(H,19,21). The Bertz CT molecular complexity index is 748. The van der Waals surface area contributed by atoms with Gasteiger partial charge in [-0.25, -0.2) is 4.98 Å². The molecule has 1 aliphatic rings. The first kappa shape index (κ1) is 16.1. The van der Waals surface area contributed by atoms with E-state index >= 15 is 0 Å². The van der Waals surface area contributed by atoms with E-state index in [4.69, 9.17) is 16.3 Å². The normalized spacial score (nSPS) is 16.8. The van der Waals surface area contributed by atoms with Gasteiger partial charge in [0.2, 0.25) is 11.8 Å². The molecule has 1 unspecified atom stereocenters. The van der Waals surface area contributed by atoms with Crippen molar-refractivity contribution in [1.29, 1.82) is 0 Å². The van der Waals surface area contributed by atoms with Gasteiger partial charge in [-0.05, 0) is 11.6 Å². The van der Waals surface area contributed by atoms with Gasteiger partial charge in [-0.3, -0.25) is 4.79 Å². The molecule has 2 aromatic rings. The van der Waals surface area contributed by atoms with Gasteiger partial charge in [-0.1, -0.05) is 23.7 Å². The lowest BCUT2D eigenvalue weighted by Crippen LogP contribution is -2.30. The van der Waals surface area contributed by atoms with Crippen molar-refractivity contribution in [3.63, 3.8) is 0 Å². The summed E-state index contributed by atoms with van der Waals surface area (Å²) in [4.78, 5) is 16.8. The van der Waals surface area contributed by atoms with Crippen LogP contribution in [0.15, 0.2) is 23.7 Å². The number of benzene rings is 1. The Kier molecular flexibility index (Phi) is 4.20. The molecule has 9 heteroatoms. The Morgan fingerprint density at radius 2 is 2.26 bits per heavy atom. The van der Waals surface area contributed by atoms with E-state index in [0.29, 0.717) is 10.8 Å². The molecule has 0 spiro atoms. The first-order chi connectivity index (χ1) is 10.9. The number of hydrogen-bond acceptors (Lipinski definition) is 4. The zero-order chi connectivity index (χ0) is 16.6. The molecule has 2 heterocycles. The number of alkyl halides is 3. The second-order valence-corrected chi connectivity index (χ2v) is 6.17. The van der Waals surface area contributed by atoms with Crippen LogP contribution < -0.4 is 10.1 Å². The molecular formula is C14H10ClF3N2O2S. The molecule has 1 amide bonds. The van der Waals surface area contributed by atoms with Gasteiger partial charge in [-0.15, -0.1) is 11.3 Å². The molecule has 1 aliphatic heterocycles. The summed E-state index contributed by atoms with van der Waals surface area (Å²) in [6, 6.07) is 3.88. The molecular weight excluding hydrogens is 353 g/mol. The van der Waals surface area contributed by atoms with Crippen molar-refractivity contribution in [2.75, 3.05) is 6.61 Å². The second kappa shape index (κ2) is 6.01. The van der Waals surface area contributed by atoms with E-state index in [1.54, 1.807) is 5.51 Å². The van der Waals surface area contributed by atoms with Crippen LogP contribution in [-0.2, 0) is 17.5 Å². The lowest BCUT2D eigenvalue weighted by molar-refractivity contribution is -0.138. The largest absolute Gasteiger partial charge is 0.476 e. The second-order valence-electron chi connectivity index (χ2n) is 4.87. The summed E-state index contributed by atoms with van der Waals surface area (Å²) in [6.07, 6.45) is -4.58. The summed E-state index contributed by atoms with van der Waals surface area (Å²) in [7, 11) is 0. The SMILES string of the molecule is O=C(NCc1cccc(Cl)c1C(F)(F)F)C1COc2ncsc21. The summed E-state index contributed by atoms with van der Waals surface area (Å²) in [5.41, 5.74) is 0.549. The van der Waals surface area contributed by atoms with Crippen LogP contribution >= 0.6 is 22.9 Å². The van der Waals surface area contributed by atoms with E-state index in [2.05, 4.69) is 10.3 Å². The van der Waals surface area contributed by atoms with Crippen LogP contribution in [0.5, 0.6) is 5.88 Å². The first-order valence-corrected chi connectivity index (χ1v) is 7.82. The van der Waals surface area contributed by atoms with Crippen LogP contribution in [0, 0.1) is 0 Å². The van der Waals surface area contributed by atoms with Crippen molar-refractivity contribution in [3.05, 3.63) is 44.7 Å². The molecule has 0 saturated carbocycles. The van der Waals surface area contributed by atoms with Gasteiger partial charge in [0, 0.05) is 6.54 Å². The molecule has 1 aromatic carbocycles. The highest BCUT2D eigenvalue weighted by Gasteiger charge is 2.36. The van der Waals surface area contributed by atoms with E-state index in [9.17, 15) is 18.0 Å². The zero-order valence-corrected chi connectivity index (χ0v) is 13.1. The number of halogens is 4. The number of fused-ring (bicyclic) bond motifs is 1. The number of nitrogens with zero attached hydrogens (tertiary/aromatic N) is 1. The highest BCUT2D eigenvalue weighted by Crippen LogP contribution is 2.38. The van der Waals surface area contributed by atoms with Gasteiger partial charge in [0.05, 0.1) is 21.0 Å². The summed E-state index contributed by atoms with van der Waals surface area (Å²) >= 11 is 6.93. The summed E-state index contributed by atoms with van der Waals surface area (Å²) in [5, 5.41) is 2.12. The molecule has 23 heavy (non-hydrogen) atoms. The third-order valence-electron chi connectivity index (χ3n) is 3.42. The summed E-state index contributed by atoms with van der Waals surface area (Å²) in [6.45, 7) is -0.124. The van der Waals surface area contributed by atoms with Crippen molar-refractivity contribution in [3.8, 4) is 5.88 Å². The zero-order valence-electron chi connectivity index (χ0n) is 11.5. The lowest BCUT2D eigenvalue weighted by Gasteiger charge is -2.16. The Morgan fingerprint density at radius 1 is 1.48 bits per heavy atom. The van der Waals surface area contributed by atoms with Crippen LogP contribution in [0.4, 0.5) is 13.2 Å². The maximum Gasteiger partial charge on any atom is 0.418 e. The van der Waals surface area contributed by atoms with Crippen LogP contribution in [0.25, 0.3) is 0 Å². The fourth-order valence-electron chi connectivity index (χ4n) is 2.36. The number of aromatic nitrogens is 1. The molecule has 0 aliphatic carbocycles. The molecule has 1 N–H and O–H groups in total. The van der Waals surface area contributed by atoms with E-state index in [1.165, 1.54) is 29.5 Å². The van der Waals surface area contributed by atoms with Gasteiger partial charge in [0.15, 0.2) is 0 Å². The van der Waals surface area contributed by atoms with Crippen molar-refractivity contribution in [2.45, 2.75) is 18.6 Å². The van der Waals surface area contributed by atoms with Crippen molar-refractivity contribution in [2.24, 2.45) is 0 Å². The Hall–Kier alpha value is -1.80. The topological polar surface area (TPSA) is 51.2 Å². The number of rotatable bonds is 3. The number of hydrogen-bond donors (Lipinski definition) is 1. The molecule has 122 valence electrons. The van der Waals surface area contributed by atoms with E-state index in [0.717, 1.165) is 0 Å². The summed E-state index contributed by atoms with van der Waals surface area (Å²) in [5.74, 6) is -0.541. The van der Waals surface area contributed by atoms with E-state index in [-0.39, 0.29) is 18.7 Å². The molecule has 4 nitrogen and oxygen atoms in total. The van der Waals surface area contributed by atoms with E-state index < -0.39 is 28.6 Å². The number of amides is 1. The maximum absolute atomic E-state index is 13.1. The smallest absolute Gasteiger partial charge is 0.418 e. The highest BCUT2D eigenvalue weighted by atomic mass is 35.5. The number of carbonyl (C=O) groups is 1. The fraction of sp³-hybridized carbons (Fsp3) is 0.286. The fourth-order valence-corrected chi connectivity index (χ4v) is 3.47. The van der Waals surface area contributed by atoms with Gasteiger partial charge in [-0.2, -0.15) is 13.2 Å². The molecule has 0 bridgehead atoms.